The zero-order chi connectivity index (χ0) is 11.5. The van der Waals surface area contributed by atoms with E-state index in [1.165, 1.54) is 15.6 Å². The lowest BCUT2D eigenvalue weighted by atomic mass is 10.5. The fourth-order valence-corrected chi connectivity index (χ4v) is 1.39. The zero-order valence-electron chi connectivity index (χ0n) is 9.24. The third-order valence-electron chi connectivity index (χ3n) is 2.22. The maximum atomic E-state index is 11.5. The third-order valence-corrected chi connectivity index (χ3v) is 2.22. The second-order valence-electron chi connectivity index (χ2n) is 3.50. The molecular formula is C8H13N7O. The quantitative estimate of drug-likeness (QED) is 0.665. The lowest BCUT2D eigenvalue weighted by molar-refractivity contribution is 0.525. The normalized spacial score (nSPS) is 10.9. The highest BCUT2D eigenvalue weighted by Crippen LogP contribution is 1.95. The average Bonchev–Trinajstić information content (AvgIpc) is 2.82. The fraction of sp³-hybridized carbons (Fsp3) is 0.625. The maximum Gasteiger partial charge on any atom is 0.345 e. The summed E-state index contributed by atoms with van der Waals surface area (Å²) in [4.78, 5) is 11.5. The minimum atomic E-state index is -0.175. The SMILES string of the molecule is CCCn1nnnc1Cn1ncn(C)c1=O. The van der Waals surface area contributed by atoms with Crippen LogP contribution in [0.4, 0.5) is 0 Å². The largest absolute Gasteiger partial charge is 0.345 e. The smallest absolute Gasteiger partial charge is 0.285 e. The summed E-state index contributed by atoms with van der Waals surface area (Å²) in [6.45, 7) is 3.08. The molecule has 0 aromatic carbocycles. The number of rotatable bonds is 4. The Balaban J connectivity index is 2.23. The lowest BCUT2D eigenvalue weighted by Crippen LogP contribution is -2.25. The van der Waals surface area contributed by atoms with Gasteiger partial charge in [-0.25, -0.2) is 14.2 Å². The monoisotopic (exact) mass is 223 g/mol. The van der Waals surface area contributed by atoms with Gasteiger partial charge in [0, 0.05) is 13.6 Å². The van der Waals surface area contributed by atoms with E-state index in [2.05, 4.69) is 20.6 Å². The van der Waals surface area contributed by atoms with Gasteiger partial charge in [-0.2, -0.15) is 5.10 Å². The molecule has 0 radical (unpaired) electrons. The van der Waals surface area contributed by atoms with Crippen molar-refractivity contribution in [2.24, 2.45) is 7.05 Å². The zero-order valence-corrected chi connectivity index (χ0v) is 9.24. The predicted octanol–water partition coefficient (Wildman–Crippen LogP) is -0.973. The summed E-state index contributed by atoms with van der Waals surface area (Å²) in [7, 11) is 1.65. The Morgan fingerprint density at radius 1 is 1.38 bits per heavy atom. The molecule has 0 N–H and O–H groups in total. The summed E-state index contributed by atoms with van der Waals surface area (Å²) < 4.78 is 4.42. The highest BCUT2D eigenvalue weighted by Gasteiger charge is 2.09. The first-order chi connectivity index (χ1) is 7.72. The summed E-state index contributed by atoms with van der Waals surface area (Å²) in [6, 6.07) is 0. The highest BCUT2D eigenvalue weighted by molar-refractivity contribution is 4.82. The molecule has 0 aliphatic carbocycles. The fourth-order valence-electron chi connectivity index (χ4n) is 1.39. The molecule has 0 aliphatic rings. The van der Waals surface area contributed by atoms with Crippen molar-refractivity contribution in [3.05, 3.63) is 22.6 Å². The molecule has 0 saturated carbocycles. The van der Waals surface area contributed by atoms with E-state index in [0.717, 1.165) is 13.0 Å². The van der Waals surface area contributed by atoms with E-state index in [4.69, 9.17) is 0 Å². The topological polar surface area (TPSA) is 83.4 Å². The van der Waals surface area contributed by atoms with Gasteiger partial charge in [0.05, 0.1) is 0 Å². The van der Waals surface area contributed by atoms with Crippen molar-refractivity contribution in [2.75, 3.05) is 0 Å². The molecule has 0 fully saturated rings. The van der Waals surface area contributed by atoms with Crippen molar-refractivity contribution >= 4 is 0 Å². The van der Waals surface area contributed by atoms with Crippen molar-refractivity contribution in [1.29, 1.82) is 0 Å². The molecule has 8 heteroatoms. The molecule has 0 amide bonds. The van der Waals surface area contributed by atoms with Crippen LogP contribution in [0.5, 0.6) is 0 Å². The molecular weight excluding hydrogens is 210 g/mol. The van der Waals surface area contributed by atoms with Gasteiger partial charge in [-0.15, -0.1) is 5.10 Å². The first-order valence-electron chi connectivity index (χ1n) is 5.06. The van der Waals surface area contributed by atoms with E-state index in [1.807, 2.05) is 6.92 Å². The van der Waals surface area contributed by atoms with Crippen LogP contribution in [0.1, 0.15) is 19.2 Å². The van der Waals surface area contributed by atoms with Gasteiger partial charge in [-0.3, -0.25) is 4.57 Å². The van der Waals surface area contributed by atoms with Crippen molar-refractivity contribution in [3.63, 3.8) is 0 Å². The number of hydrogen-bond acceptors (Lipinski definition) is 5. The van der Waals surface area contributed by atoms with E-state index >= 15 is 0 Å². The lowest BCUT2D eigenvalue weighted by Gasteiger charge is -2.01. The Kier molecular flexibility index (Phi) is 2.80. The molecule has 0 unspecified atom stereocenters. The molecule has 2 rings (SSSR count). The molecule has 2 aromatic rings. The van der Waals surface area contributed by atoms with E-state index in [1.54, 1.807) is 11.7 Å². The summed E-state index contributed by atoms with van der Waals surface area (Å²) in [5.41, 5.74) is -0.175. The van der Waals surface area contributed by atoms with E-state index < -0.39 is 0 Å². The summed E-state index contributed by atoms with van der Waals surface area (Å²) in [6.07, 6.45) is 2.41. The minimum Gasteiger partial charge on any atom is -0.285 e. The Morgan fingerprint density at radius 3 is 2.81 bits per heavy atom. The van der Waals surface area contributed by atoms with Gasteiger partial charge >= 0.3 is 5.69 Å². The van der Waals surface area contributed by atoms with Gasteiger partial charge in [0.1, 0.15) is 12.9 Å². The van der Waals surface area contributed by atoms with Crippen LogP contribution in [0.3, 0.4) is 0 Å². The first kappa shape index (κ1) is 10.5. The van der Waals surface area contributed by atoms with Gasteiger partial charge in [0.2, 0.25) is 0 Å². The Morgan fingerprint density at radius 2 is 2.19 bits per heavy atom. The molecule has 86 valence electrons. The van der Waals surface area contributed by atoms with Crippen molar-refractivity contribution in [3.8, 4) is 0 Å². The van der Waals surface area contributed by atoms with Gasteiger partial charge in [0.25, 0.3) is 0 Å². The maximum absolute atomic E-state index is 11.5. The number of aryl methyl sites for hydroxylation is 2. The summed E-state index contributed by atoms with van der Waals surface area (Å²) >= 11 is 0. The van der Waals surface area contributed by atoms with Gasteiger partial charge in [0.15, 0.2) is 5.82 Å². The highest BCUT2D eigenvalue weighted by atomic mass is 16.2. The van der Waals surface area contributed by atoms with Crippen molar-refractivity contribution in [1.82, 2.24) is 34.6 Å². The average molecular weight is 223 g/mol. The molecule has 0 bridgehead atoms. The van der Waals surface area contributed by atoms with Crippen LogP contribution in [0.2, 0.25) is 0 Å². The van der Waals surface area contributed by atoms with Crippen LogP contribution in [0.25, 0.3) is 0 Å². The number of tetrazole rings is 1. The molecule has 0 atom stereocenters. The van der Waals surface area contributed by atoms with Crippen molar-refractivity contribution < 1.29 is 0 Å². The first-order valence-corrected chi connectivity index (χ1v) is 5.06. The van der Waals surface area contributed by atoms with Crippen LogP contribution in [-0.4, -0.2) is 34.6 Å². The standard InChI is InChI=1S/C8H13N7O/c1-3-4-14-7(10-11-12-14)5-15-8(16)13(2)6-9-15/h6H,3-5H2,1-2H3. The third kappa shape index (κ3) is 1.86. The van der Waals surface area contributed by atoms with Gasteiger partial charge in [-0.1, -0.05) is 6.92 Å². The molecule has 8 nitrogen and oxygen atoms in total. The molecule has 0 saturated heterocycles. The number of nitrogens with zero attached hydrogens (tertiary/aromatic N) is 7. The van der Waals surface area contributed by atoms with Crippen LogP contribution in [0.15, 0.2) is 11.1 Å². The van der Waals surface area contributed by atoms with Crippen LogP contribution in [0, 0.1) is 0 Å². The van der Waals surface area contributed by atoms with Crippen molar-refractivity contribution in [2.45, 2.75) is 26.4 Å². The van der Waals surface area contributed by atoms with E-state index in [9.17, 15) is 4.79 Å². The van der Waals surface area contributed by atoms with Crippen LogP contribution < -0.4 is 5.69 Å². The Labute approximate surface area is 91.5 Å². The second kappa shape index (κ2) is 4.25. The molecule has 16 heavy (non-hydrogen) atoms. The molecule has 2 aromatic heterocycles. The Bertz CT molecular complexity index is 522. The van der Waals surface area contributed by atoms with Crippen LogP contribution >= 0.6 is 0 Å². The summed E-state index contributed by atoms with van der Waals surface area (Å²) in [5.74, 6) is 0.641. The van der Waals surface area contributed by atoms with Crippen LogP contribution in [-0.2, 0) is 20.1 Å². The van der Waals surface area contributed by atoms with E-state index in [0.29, 0.717) is 12.4 Å². The molecule has 2 heterocycles. The van der Waals surface area contributed by atoms with E-state index in [-0.39, 0.29) is 5.69 Å². The minimum absolute atomic E-state index is 0.175. The molecule has 0 aliphatic heterocycles. The number of aromatic nitrogens is 7. The number of hydrogen-bond donors (Lipinski definition) is 0. The predicted molar refractivity (Wildman–Crippen MR) is 54.7 cm³/mol. The van der Waals surface area contributed by atoms with Gasteiger partial charge < -0.3 is 0 Å². The summed E-state index contributed by atoms with van der Waals surface area (Å²) in [5, 5.41) is 15.3. The molecule has 0 spiro atoms. The van der Waals surface area contributed by atoms with Gasteiger partial charge in [-0.05, 0) is 16.8 Å². The second-order valence-corrected chi connectivity index (χ2v) is 3.50. The Hall–Kier alpha value is -1.99.